The Hall–Kier alpha value is -0.320. The van der Waals surface area contributed by atoms with Gasteiger partial charge in [-0.05, 0) is 20.8 Å². The zero-order valence-electron chi connectivity index (χ0n) is 15.8. The van der Waals surface area contributed by atoms with Gasteiger partial charge in [-0.1, -0.05) is 6.92 Å². The number of aliphatic hydroxyl groups is 3. The molecule has 1 fully saturated rings. The van der Waals surface area contributed by atoms with Gasteiger partial charge in [0.25, 0.3) is 0 Å². The van der Waals surface area contributed by atoms with E-state index < -0.39 is 30.5 Å². The van der Waals surface area contributed by atoms with Crippen LogP contribution in [0.25, 0.3) is 0 Å². The van der Waals surface area contributed by atoms with Crippen molar-refractivity contribution in [3.05, 3.63) is 0 Å². The third-order valence-corrected chi connectivity index (χ3v) is 3.97. The first-order valence-corrected chi connectivity index (χ1v) is 8.91. The molecule has 1 heterocycles. The van der Waals surface area contributed by atoms with E-state index in [1.54, 1.807) is 6.92 Å². The Balaban J connectivity index is 2.04. The highest BCUT2D eigenvalue weighted by molar-refractivity contribution is 4.86. The molecular weight excluding hydrogens is 330 g/mol. The van der Waals surface area contributed by atoms with E-state index in [9.17, 15) is 10.2 Å². The molecule has 4 N–H and O–H groups in total. The highest BCUT2D eigenvalue weighted by atomic mass is 16.7. The minimum absolute atomic E-state index is 0.0914. The first-order chi connectivity index (χ1) is 11.8. The van der Waals surface area contributed by atoms with E-state index in [1.807, 2.05) is 0 Å². The molecule has 5 atom stereocenters. The standard InChI is InChI=1S/C17H35NO7/c1-12-14(20)15(21)13(11-19)25-16(12)24-10-9-23-8-7-22-6-5-18-17(2,3)4/h12-16,18-21H,5-11H2,1-4H3. The molecule has 25 heavy (non-hydrogen) atoms. The Bertz CT molecular complexity index is 348. The maximum Gasteiger partial charge on any atom is 0.163 e. The number of hydrogen-bond donors (Lipinski definition) is 4. The van der Waals surface area contributed by atoms with Gasteiger partial charge in [-0.3, -0.25) is 0 Å². The third-order valence-electron chi connectivity index (χ3n) is 3.97. The van der Waals surface area contributed by atoms with Crippen LogP contribution in [0.2, 0.25) is 0 Å². The van der Waals surface area contributed by atoms with Crippen molar-refractivity contribution in [2.75, 3.05) is 46.2 Å². The van der Waals surface area contributed by atoms with Gasteiger partial charge in [-0.2, -0.15) is 0 Å². The van der Waals surface area contributed by atoms with Crippen LogP contribution in [0, 0.1) is 5.92 Å². The summed E-state index contributed by atoms with van der Waals surface area (Å²) >= 11 is 0. The van der Waals surface area contributed by atoms with Crippen LogP contribution in [0.5, 0.6) is 0 Å². The van der Waals surface area contributed by atoms with Crippen molar-refractivity contribution >= 4 is 0 Å². The Morgan fingerprint density at radius 2 is 1.56 bits per heavy atom. The van der Waals surface area contributed by atoms with E-state index in [0.29, 0.717) is 33.0 Å². The minimum atomic E-state index is -1.11. The van der Waals surface area contributed by atoms with E-state index in [2.05, 4.69) is 26.1 Å². The van der Waals surface area contributed by atoms with Crippen LogP contribution in [-0.2, 0) is 18.9 Å². The third kappa shape index (κ3) is 8.74. The fourth-order valence-corrected chi connectivity index (χ4v) is 2.45. The number of nitrogens with one attached hydrogen (secondary N) is 1. The summed E-state index contributed by atoms with van der Waals surface area (Å²) < 4.78 is 21.9. The minimum Gasteiger partial charge on any atom is -0.394 e. The van der Waals surface area contributed by atoms with Crippen LogP contribution in [0.3, 0.4) is 0 Å². The van der Waals surface area contributed by atoms with Crippen LogP contribution in [0.15, 0.2) is 0 Å². The number of hydrogen-bond acceptors (Lipinski definition) is 8. The molecule has 1 rings (SSSR count). The SMILES string of the molecule is CC1C(OCCOCCOCCNC(C)(C)C)OC(CO)C(O)C1O. The Labute approximate surface area is 150 Å². The molecule has 5 unspecified atom stereocenters. The number of ether oxygens (including phenoxy) is 4. The zero-order chi connectivity index (χ0) is 18.9. The molecule has 1 aliphatic rings. The highest BCUT2D eigenvalue weighted by Crippen LogP contribution is 2.26. The maximum absolute atomic E-state index is 9.94. The number of rotatable bonds is 11. The first-order valence-electron chi connectivity index (χ1n) is 8.91. The summed E-state index contributed by atoms with van der Waals surface area (Å²) in [6, 6.07) is 0. The summed E-state index contributed by atoms with van der Waals surface area (Å²) in [6.45, 7) is 10.8. The molecule has 1 saturated heterocycles. The molecule has 8 heteroatoms. The molecule has 150 valence electrons. The molecule has 0 radical (unpaired) electrons. The van der Waals surface area contributed by atoms with Gasteiger partial charge in [0.1, 0.15) is 12.2 Å². The Morgan fingerprint density at radius 3 is 2.16 bits per heavy atom. The molecule has 0 aliphatic carbocycles. The second-order valence-corrected chi connectivity index (χ2v) is 7.34. The lowest BCUT2D eigenvalue weighted by atomic mass is 9.92. The lowest BCUT2D eigenvalue weighted by Gasteiger charge is -2.40. The molecule has 1 aliphatic heterocycles. The molecule has 0 spiro atoms. The molecule has 0 saturated carbocycles. The summed E-state index contributed by atoms with van der Waals surface area (Å²) in [6.07, 6.45) is -3.63. The molecule has 8 nitrogen and oxygen atoms in total. The van der Waals surface area contributed by atoms with Gasteiger partial charge >= 0.3 is 0 Å². The van der Waals surface area contributed by atoms with Crippen molar-refractivity contribution < 1.29 is 34.3 Å². The van der Waals surface area contributed by atoms with E-state index >= 15 is 0 Å². The van der Waals surface area contributed by atoms with Crippen LogP contribution in [0.1, 0.15) is 27.7 Å². The van der Waals surface area contributed by atoms with Crippen molar-refractivity contribution in [1.29, 1.82) is 0 Å². The van der Waals surface area contributed by atoms with Gasteiger partial charge in [0.15, 0.2) is 6.29 Å². The van der Waals surface area contributed by atoms with Gasteiger partial charge in [-0.15, -0.1) is 0 Å². The monoisotopic (exact) mass is 365 g/mol. The Kier molecular flexibility index (Phi) is 10.4. The quantitative estimate of drug-likeness (QED) is 0.363. The second-order valence-electron chi connectivity index (χ2n) is 7.34. The lowest BCUT2D eigenvalue weighted by molar-refractivity contribution is -0.284. The van der Waals surface area contributed by atoms with Crippen molar-refractivity contribution in [1.82, 2.24) is 5.32 Å². The summed E-state index contributed by atoms with van der Waals surface area (Å²) in [5, 5.41) is 32.2. The summed E-state index contributed by atoms with van der Waals surface area (Å²) in [4.78, 5) is 0. The Morgan fingerprint density at radius 1 is 0.960 bits per heavy atom. The predicted molar refractivity (Wildman–Crippen MR) is 92.3 cm³/mol. The molecule has 0 bridgehead atoms. The van der Waals surface area contributed by atoms with Crippen molar-refractivity contribution in [2.45, 2.75) is 57.8 Å². The topological polar surface area (TPSA) is 110 Å². The zero-order valence-corrected chi connectivity index (χ0v) is 15.8. The van der Waals surface area contributed by atoms with Crippen molar-refractivity contribution in [3.63, 3.8) is 0 Å². The van der Waals surface area contributed by atoms with Gasteiger partial charge in [0, 0.05) is 18.0 Å². The van der Waals surface area contributed by atoms with E-state index in [0.717, 1.165) is 6.54 Å². The highest BCUT2D eigenvalue weighted by Gasteiger charge is 2.42. The van der Waals surface area contributed by atoms with Crippen LogP contribution in [-0.4, -0.2) is 91.6 Å². The molecular formula is C17H35NO7. The fraction of sp³-hybridized carbons (Fsp3) is 1.00. The van der Waals surface area contributed by atoms with E-state index in [4.69, 9.17) is 24.1 Å². The van der Waals surface area contributed by atoms with Gasteiger partial charge < -0.3 is 39.6 Å². The summed E-state index contributed by atoms with van der Waals surface area (Å²) in [5.41, 5.74) is 0.0914. The van der Waals surface area contributed by atoms with Gasteiger partial charge in [0.05, 0.1) is 45.7 Å². The molecule has 0 aromatic heterocycles. The van der Waals surface area contributed by atoms with Gasteiger partial charge in [-0.25, -0.2) is 0 Å². The largest absolute Gasteiger partial charge is 0.394 e. The van der Waals surface area contributed by atoms with E-state index in [1.165, 1.54) is 0 Å². The summed E-state index contributed by atoms with van der Waals surface area (Å²) in [5.74, 6) is -0.392. The van der Waals surface area contributed by atoms with Crippen LogP contribution in [0.4, 0.5) is 0 Å². The molecule has 0 aromatic rings. The van der Waals surface area contributed by atoms with E-state index in [-0.39, 0.29) is 12.1 Å². The molecule has 0 amide bonds. The van der Waals surface area contributed by atoms with Crippen LogP contribution >= 0.6 is 0 Å². The summed E-state index contributed by atoms with van der Waals surface area (Å²) in [7, 11) is 0. The lowest BCUT2D eigenvalue weighted by Crippen LogP contribution is -2.55. The van der Waals surface area contributed by atoms with Crippen LogP contribution < -0.4 is 5.32 Å². The fourth-order valence-electron chi connectivity index (χ4n) is 2.45. The average molecular weight is 365 g/mol. The number of aliphatic hydroxyl groups excluding tert-OH is 3. The first kappa shape index (κ1) is 22.7. The maximum atomic E-state index is 9.94. The smallest absolute Gasteiger partial charge is 0.163 e. The average Bonchev–Trinajstić information content (AvgIpc) is 2.55. The normalized spacial score (nSPS) is 30.6. The van der Waals surface area contributed by atoms with Crippen molar-refractivity contribution in [3.8, 4) is 0 Å². The van der Waals surface area contributed by atoms with Crippen molar-refractivity contribution in [2.24, 2.45) is 5.92 Å². The molecule has 0 aromatic carbocycles. The predicted octanol–water partition coefficient (Wildman–Crippen LogP) is -0.501. The second kappa shape index (κ2) is 11.4. The van der Waals surface area contributed by atoms with Gasteiger partial charge in [0.2, 0.25) is 0 Å².